The number of fused-ring (bicyclic) bond motifs is 1. The molecule has 0 aliphatic heterocycles. The Bertz CT molecular complexity index is 282. The van der Waals surface area contributed by atoms with Crippen molar-refractivity contribution in [3.63, 3.8) is 0 Å². The van der Waals surface area contributed by atoms with Crippen LogP contribution in [0.15, 0.2) is 12.2 Å². The van der Waals surface area contributed by atoms with Crippen molar-refractivity contribution in [2.24, 2.45) is 23.2 Å². The van der Waals surface area contributed by atoms with Gasteiger partial charge in [0.15, 0.2) is 5.78 Å². The molecule has 0 heterocycles. The first kappa shape index (κ1) is 9.91. The minimum Gasteiger partial charge on any atom is -0.395 e. The highest BCUT2D eigenvalue weighted by molar-refractivity contribution is 5.96. The van der Waals surface area contributed by atoms with Gasteiger partial charge in [-0.15, -0.1) is 0 Å². The second-order valence-corrected chi connectivity index (χ2v) is 5.04. The number of aliphatic hydroxyl groups is 1. The second-order valence-electron chi connectivity index (χ2n) is 5.04. The minimum atomic E-state index is -0.510. The summed E-state index contributed by atoms with van der Waals surface area (Å²) in [5, 5.41) is 9.40. The molecule has 2 rings (SSSR count). The predicted octanol–water partition coefficient (Wildman–Crippen LogP) is 1.79. The summed E-state index contributed by atoms with van der Waals surface area (Å²) in [5.74, 6) is 1.63. The molecule has 1 saturated carbocycles. The van der Waals surface area contributed by atoms with E-state index in [0.717, 1.165) is 6.42 Å². The van der Waals surface area contributed by atoms with Crippen molar-refractivity contribution in [2.45, 2.75) is 26.7 Å². The summed E-state index contributed by atoms with van der Waals surface area (Å²) in [7, 11) is 0. The van der Waals surface area contributed by atoms with Gasteiger partial charge in [0, 0.05) is 0 Å². The maximum Gasteiger partial charge on any atom is 0.163 e. The molecule has 4 atom stereocenters. The molecule has 0 aromatic rings. The van der Waals surface area contributed by atoms with E-state index in [-0.39, 0.29) is 12.4 Å². The standard InChI is InChI=1S/C12H18O2/c1-8-3-5-10-9(8)4-6-11(14)12(10,2)7-13/h4,6,8-10,13H,3,5,7H2,1-2H3. The lowest BCUT2D eigenvalue weighted by Crippen LogP contribution is -2.43. The molecule has 0 aromatic heterocycles. The van der Waals surface area contributed by atoms with Gasteiger partial charge in [0.2, 0.25) is 0 Å². The number of aliphatic hydroxyl groups excluding tert-OH is 1. The smallest absolute Gasteiger partial charge is 0.163 e. The van der Waals surface area contributed by atoms with Crippen molar-refractivity contribution < 1.29 is 9.90 Å². The summed E-state index contributed by atoms with van der Waals surface area (Å²) in [4.78, 5) is 11.7. The van der Waals surface area contributed by atoms with Crippen LogP contribution in [0, 0.1) is 23.2 Å². The highest BCUT2D eigenvalue weighted by Gasteiger charge is 2.49. The van der Waals surface area contributed by atoms with Gasteiger partial charge in [-0.05, 0) is 43.6 Å². The van der Waals surface area contributed by atoms with Crippen LogP contribution in [0.25, 0.3) is 0 Å². The number of carbonyl (C=O) groups is 1. The first-order valence-electron chi connectivity index (χ1n) is 5.43. The fourth-order valence-corrected chi connectivity index (χ4v) is 3.06. The molecule has 14 heavy (non-hydrogen) atoms. The minimum absolute atomic E-state index is 0.00986. The van der Waals surface area contributed by atoms with Crippen molar-refractivity contribution in [3.8, 4) is 0 Å². The van der Waals surface area contributed by atoms with Crippen molar-refractivity contribution in [3.05, 3.63) is 12.2 Å². The van der Waals surface area contributed by atoms with Crippen LogP contribution in [-0.4, -0.2) is 17.5 Å². The Hall–Kier alpha value is -0.630. The molecule has 1 fully saturated rings. The number of hydrogen-bond donors (Lipinski definition) is 1. The summed E-state index contributed by atoms with van der Waals surface area (Å²) < 4.78 is 0. The molecule has 1 N–H and O–H groups in total. The molecule has 0 bridgehead atoms. The SMILES string of the molecule is CC1CCC2C1C=CC(=O)C2(C)CO. The first-order chi connectivity index (χ1) is 6.59. The number of carbonyl (C=O) groups excluding carboxylic acids is 1. The average molecular weight is 194 g/mol. The van der Waals surface area contributed by atoms with Crippen LogP contribution in [0.1, 0.15) is 26.7 Å². The van der Waals surface area contributed by atoms with Crippen LogP contribution in [0.4, 0.5) is 0 Å². The molecule has 2 nitrogen and oxygen atoms in total. The van der Waals surface area contributed by atoms with Crippen molar-refractivity contribution in [1.29, 1.82) is 0 Å². The molecule has 0 aromatic carbocycles. The van der Waals surface area contributed by atoms with Crippen LogP contribution in [0.2, 0.25) is 0 Å². The van der Waals surface area contributed by atoms with Gasteiger partial charge in [-0.2, -0.15) is 0 Å². The Labute approximate surface area is 85.0 Å². The molecule has 0 radical (unpaired) electrons. The quantitative estimate of drug-likeness (QED) is 0.691. The molecule has 2 aliphatic carbocycles. The molecule has 2 aliphatic rings. The number of hydrogen-bond acceptors (Lipinski definition) is 2. The van der Waals surface area contributed by atoms with E-state index < -0.39 is 5.41 Å². The maximum atomic E-state index is 11.7. The van der Waals surface area contributed by atoms with E-state index in [4.69, 9.17) is 0 Å². The van der Waals surface area contributed by atoms with E-state index >= 15 is 0 Å². The van der Waals surface area contributed by atoms with E-state index in [1.807, 2.05) is 6.92 Å². The molecular formula is C12H18O2. The largest absolute Gasteiger partial charge is 0.395 e. The zero-order chi connectivity index (χ0) is 10.3. The third kappa shape index (κ3) is 1.17. The third-order valence-corrected chi connectivity index (χ3v) is 4.23. The summed E-state index contributed by atoms with van der Waals surface area (Å²) in [5.41, 5.74) is -0.510. The van der Waals surface area contributed by atoms with Gasteiger partial charge in [0.05, 0.1) is 12.0 Å². The van der Waals surface area contributed by atoms with E-state index in [1.165, 1.54) is 6.42 Å². The van der Waals surface area contributed by atoms with Crippen molar-refractivity contribution in [2.75, 3.05) is 6.61 Å². The predicted molar refractivity (Wildman–Crippen MR) is 54.7 cm³/mol. The van der Waals surface area contributed by atoms with E-state index in [0.29, 0.717) is 17.8 Å². The van der Waals surface area contributed by atoms with Crippen molar-refractivity contribution in [1.82, 2.24) is 0 Å². The summed E-state index contributed by atoms with van der Waals surface area (Å²) in [6.45, 7) is 4.14. The second kappa shape index (κ2) is 3.20. The first-order valence-corrected chi connectivity index (χ1v) is 5.43. The summed E-state index contributed by atoms with van der Waals surface area (Å²) >= 11 is 0. The van der Waals surface area contributed by atoms with E-state index in [9.17, 15) is 9.90 Å². The Morgan fingerprint density at radius 2 is 2.29 bits per heavy atom. The van der Waals surface area contributed by atoms with Gasteiger partial charge in [0.1, 0.15) is 0 Å². The number of rotatable bonds is 1. The van der Waals surface area contributed by atoms with Crippen LogP contribution in [0.3, 0.4) is 0 Å². The Kier molecular flexibility index (Phi) is 2.26. The average Bonchev–Trinajstić information content (AvgIpc) is 2.55. The van der Waals surface area contributed by atoms with E-state index in [1.54, 1.807) is 6.08 Å². The van der Waals surface area contributed by atoms with Crippen LogP contribution in [-0.2, 0) is 4.79 Å². The van der Waals surface area contributed by atoms with Gasteiger partial charge in [-0.3, -0.25) is 4.79 Å². The Morgan fingerprint density at radius 1 is 1.57 bits per heavy atom. The molecular weight excluding hydrogens is 176 g/mol. The maximum absolute atomic E-state index is 11.7. The normalized spacial score (nSPS) is 46.8. The van der Waals surface area contributed by atoms with Gasteiger partial charge >= 0.3 is 0 Å². The molecule has 78 valence electrons. The summed E-state index contributed by atoms with van der Waals surface area (Å²) in [6.07, 6.45) is 6.00. The zero-order valence-electron chi connectivity index (χ0n) is 8.86. The van der Waals surface area contributed by atoms with Crippen molar-refractivity contribution >= 4 is 5.78 Å². The molecule has 4 unspecified atom stereocenters. The molecule has 0 saturated heterocycles. The summed E-state index contributed by atoms with van der Waals surface area (Å²) in [6, 6.07) is 0. The van der Waals surface area contributed by atoms with Crippen LogP contribution >= 0.6 is 0 Å². The lowest BCUT2D eigenvalue weighted by atomic mass is 9.65. The monoisotopic (exact) mass is 194 g/mol. The lowest BCUT2D eigenvalue weighted by molar-refractivity contribution is -0.130. The van der Waals surface area contributed by atoms with Gasteiger partial charge < -0.3 is 5.11 Å². The number of ketones is 1. The number of allylic oxidation sites excluding steroid dienone is 2. The van der Waals surface area contributed by atoms with Gasteiger partial charge in [-0.1, -0.05) is 13.0 Å². The topological polar surface area (TPSA) is 37.3 Å². The van der Waals surface area contributed by atoms with Gasteiger partial charge in [0.25, 0.3) is 0 Å². The zero-order valence-corrected chi connectivity index (χ0v) is 8.86. The van der Waals surface area contributed by atoms with E-state index in [2.05, 4.69) is 13.0 Å². The lowest BCUT2D eigenvalue weighted by Gasteiger charge is -2.38. The Balaban J connectivity index is 2.35. The van der Waals surface area contributed by atoms with Crippen LogP contribution in [0.5, 0.6) is 0 Å². The molecule has 0 amide bonds. The fraction of sp³-hybridized carbons (Fsp3) is 0.750. The molecule has 0 spiro atoms. The fourth-order valence-electron chi connectivity index (χ4n) is 3.06. The van der Waals surface area contributed by atoms with Gasteiger partial charge in [-0.25, -0.2) is 0 Å². The third-order valence-electron chi connectivity index (χ3n) is 4.23. The highest BCUT2D eigenvalue weighted by atomic mass is 16.3. The van der Waals surface area contributed by atoms with Crippen LogP contribution < -0.4 is 0 Å². The highest BCUT2D eigenvalue weighted by Crippen LogP contribution is 2.50. The Morgan fingerprint density at radius 3 is 2.93 bits per heavy atom. The molecule has 2 heteroatoms.